The molecule has 0 aliphatic carbocycles. The van der Waals surface area contributed by atoms with Gasteiger partial charge in [0, 0.05) is 17.0 Å². The van der Waals surface area contributed by atoms with Crippen molar-refractivity contribution in [3.8, 4) is 16.9 Å². The van der Waals surface area contributed by atoms with E-state index in [1.54, 1.807) is 18.9 Å². The van der Waals surface area contributed by atoms with Gasteiger partial charge in [0.1, 0.15) is 5.75 Å². The quantitative estimate of drug-likeness (QED) is 0.837. The average Bonchev–Trinajstić information content (AvgIpc) is 2.47. The van der Waals surface area contributed by atoms with Crippen LogP contribution in [0, 0.1) is 0 Å². The fourth-order valence-corrected chi connectivity index (χ4v) is 2.48. The van der Waals surface area contributed by atoms with Gasteiger partial charge in [-0.2, -0.15) is 0 Å². The first kappa shape index (κ1) is 14.0. The summed E-state index contributed by atoms with van der Waals surface area (Å²) < 4.78 is 5.38. The van der Waals surface area contributed by atoms with Crippen LogP contribution in [0.15, 0.2) is 47.4 Å². The van der Waals surface area contributed by atoms with E-state index in [1.807, 2.05) is 13.1 Å². The summed E-state index contributed by atoms with van der Waals surface area (Å²) in [5, 5.41) is 3.17. The van der Waals surface area contributed by atoms with Gasteiger partial charge in [0.05, 0.1) is 7.11 Å². The molecule has 19 heavy (non-hydrogen) atoms. The van der Waals surface area contributed by atoms with Crippen molar-refractivity contribution in [1.29, 1.82) is 0 Å². The molecule has 3 heteroatoms. The van der Waals surface area contributed by atoms with Crippen molar-refractivity contribution in [1.82, 2.24) is 5.32 Å². The zero-order valence-electron chi connectivity index (χ0n) is 11.6. The van der Waals surface area contributed by atoms with Crippen LogP contribution in [0.5, 0.6) is 5.75 Å². The molecule has 0 atom stereocenters. The summed E-state index contributed by atoms with van der Waals surface area (Å²) >= 11 is 1.76. The predicted octanol–water partition coefficient (Wildman–Crippen LogP) is 3.80. The molecule has 2 rings (SSSR count). The molecule has 100 valence electrons. The minimum Gasteiger partial charge on any atom is -0.496 e. The molecule has 2 aromatic rings. The van der Waals surface area contributed by atoms with Gasteiger partial charge in [0.15, 0.2) is 0 Å². The van der Waals surface area contributed by atoms with Gasteiger partial charge in [0.2, 0.25) is 0 Å². The summed E-state index contributed by atoms with van der Waals surface area (Å²) in [7, 11) is 3.65. The molecule has 2 aromatic carbocycles. The minimum atomic E-state index is 0.805. The van der Waals surface area contributed by atoms with E-state index in [0.717, 1.165) is 12.3 Å². The molecule has 0 saturated heterocycles. The lowest BCUT2D eigenvalue weighted by atomic mass is 10.0. The second-order valence-corrected chi connectivity index (χ2v) is 5.17. The highest BCUT2D eigenvalue weighted by Crippen LogP contribution is 2.28. The molecule has 0 heterocycles. The summed E-state index contributed by atoms with van der Waals surface area (Å²) in [5.41, 5.74) is 3.63. The third kappa shape index (κ3) is 3.31. The van der Waals surface area contributed by atoms with E-state index < -0.39 is 0 Å². The van der Waals surface area contributed by atoms with Gasteiger partial charge in [0.25, 0.3) is 0 Å². The fourth-order valence-electron chi connectivity index (χ4n) is 2.07. The van der Waals surface area contributed by atoms with Crippen molar-refractivity contribution in [3.05, 3.63) is 48.0 Å². The minimum absolute atomic E-state index is 0.805. The summed E-state index contributed by atoms with van der Waals surface area (Å²) in [6.45, 7) is 0.805. The Morgan fingerprint density at radius 2 is 1.74 bits per heavy atom. The van der Waals surface area contributed by atoms with Crippen LogP contribution < -0.4 is 10.1 Å². The van der Waals surface area contributed by atoms with Crippen LogP contribution in [0.4, 0.5) is 0 Å². The van der Waals surface area contributed by atoms with Gasteiger partial charge in [-0.25, -0.2) is 0 Å². The molecule has 2 nitrogen and oxygen atoms in total. The smallest absolute Gasteiger partial charge is 0.123 e. The molecule has 0 bridgehead atoms. The lowest BCUT2D eigenvalue weighted by Crippen LogP contribution is -2.06. The van der Waals surface area contributed by atoms with Crippen molar-refractivity contribution < 1.29 is 4.74 Å². The van der Waals surface area contributed by atoms with Crippen molar-refractivity contribution in [3.63, 3.8) is 0 Å². The highest BCUT2D eigenvalue weighted by atomic mass is 32.2. The van der Waals surface area contributed by atoms with Crippen LogP contribution in [0.25, 0.3) is 11.1 Å². The summed E-state index contributed by atoms with van der Waals surface area (Å²) in [5.74, 6) is 0.929. The van der Waals surface area contributed by atoms with E-state index in [9.17, 15) is 0 Å². The first-order chi connectivity index (χ1) is 9.28. The van der Waals surface area contributed by atoms with Crippen LogP contribution in [-0.2, 0) is 6.54 Å². The van der Waals surface area contributed by atoms with Crippen molar-refractivity contribution in [2.75, 3.05) is 20.4 Å². The third-order valence-corrected chi connectivity index (χ3v) is 3.81. The van der Waals surface area contributed by atoms with E-state index in [-0.39, 0.29) is 0 Å². The van der Waals surface area contributed by atoms with Gasteiger partial charge < -0.3 is 10.1 Å². The monoisotopic (exact) mass is 273 g/mol. The fraction of sp³-hybridized carbons (Fsp3) is 0.250. The van der Waals surface area contributed by atoms with Crippen molar-refractivity contribution in [2.24, 2.45) is 0 Å². The van der Waals surface area contributed by atoms with Gasteiger partial charge in [-0.05, 0) is 48.7 Å². The van der Waals surface area contributed by atoms with E-state index in [2.05, 4.69) is 48.0 Å². The average molecular weight is 273 g/mol. The third-order valence-electron chi connectivity index (χ3n) is 3.07. The molecule has 0 fully saturated rings. The first-order valence-corrected chi connectivity index (χ1v) is 7.47. The Hall–Kier alpha value is -1.45. The first-order valence-electron chi connectivity index (χ1n) is 6.24. The maximum Gasteiger partial charge on any atom is 0.123 e. The van der Waals surface area contributed by atoms with Gasteiger partial charge in [-0.3, -0.25) is 0 Å². The Labute approximate surface area is 119 Å². The van der Waals surface area contributed by atoms with Gasteiger partial charge >= 0.3 is 0 Å². The zero-order chi connectivity index (χ0) is 13.7. The lowest BCUT2D eigenvalue weighted by Gasteiger charge is -2.11. The molecular weight excluding hydrogens is 254 g/mol. The SMILES string of the molecule is CNCc1cc(-c2ccc(SC)cc2)ccc1OC. The number of nitrogens with one attached hydrogen (secondary N) is 1. The van der Waals surface area contributed by atoms with Crippen molar-refractivity contribution in [2.45, 2.75) is 11.4 Å². The van der Waals surface area contributed by atoms with E-state index in [1.165, 1.54) is 21.6 Å². The molecular formula is C16H19NOS. The molecule has 1 N–H and O–H groups in total. The molecule has 0 amide bonds. The number of ether oxygens (including phenoxy) is 1. The molecule has 0 aliphatic rings. The second-order valence-electron chi connectivity index (χ2n) is 4.29. The van der Waals surface area contributed by atoms with Crippen LogP contribution in [0.1, 0.15) is 5.56 Å². The van der Waals surface area contributed by atoms with E-state index in [4.69, 9.17) is 4.74 Å². The number of rotatable bonds is 5. The molecule has 0 spiro atoms. The molecule has 0 aliphatic heterocycles. The van der Waals surface area contributed by atoms with E-state index >= 15 is 0 Å². The maximum absolute atomic E-state index is 5.38. The normalized spacial score (nSPS) is 10.5. The number of benzene rings is 2. The van der Waals surface area contributed by atoms with Crippen LogP contribution in [0.3, 0.4) is 0 Å². The topological polar surface area (TPSA) is 21.3 Å². The molecule has 0 saturated carbocycles. The Kier molecular flexibility index (Phi) is 4.88. The number of thioether (sulfide) groups is 1. The Balaban J connectivity index is 2.35. The highest BCUT2D eigenvalue weighted by molar-refractivity contribution is 7.98. The van der Waals surface area contributed by atoms with Crippen molar-refractivity contribution >= 4 is 11.8 Å². The largest absolute Gasteiger partial charge is 0.496 e. The maximum atomic E-state index is 5.38. The van der Waals surface area contributed by atoms with Crippen LogP contribution in [0.2, 0.25) is 0 Å². The molecule has 0 unspecified atom stereocenters. The van der Waals surface area contributed by atoms with Gasteiger partial charge in [-0.15, -0.1) is 11.8 Å². The Morgan fingerprint density at radius 1 is 1.05 bits per heavy atom. The van der Waals surface area contributed by atoms with Crippen LogP contribution >= 0.6 is 11.8 Å². The summed E-state index contributed by atoms with van der Waals surface area (Å²) in [4.78, 5) is 1.28. The number of hydrogen-bond donors (Lipinski definition) is 1. The summed E-state index contributed by atoms with van der Waals surface area (Å²) in [6.07, 6.45) is 2.09. The lowest BCUT2D eigenvalue weighted by molar-refractivity contribution is 0.408. The predicted molar refractivity (Wildman–Crippen MR) is 83.0 cm³/mol. The molecule has 0 aromatic heterocycles. The van der Waals surface area contributed by atoms with E-state index in [0.29, 0.717) is 0 Å². The standard InChI is InChI=1S/C16H19NOS/c1-17-11-14-10-13(6-9-16(14)18-2)12-4-7-15(19-3)8-5-12/h4-10,17H,11H2,1-3H3. The highest BCUT2D eigenvalue weighted by Gasteiger charge is 2.05. The Bertz CT molecular complexity index is 537. The zero-order valence-corrected chi connectivity index (χ0v) is 12.4. The number of hydrogen-bond acceptors (Lipinski definition) is 3. The molecule has 0 radical (unpaired) electrons. The van der Waals surface area contributed by atoms with Crippen LogP contribution in [-0.4, -0.2) is 20.4 Å². The second kappa shape index (κ2) is 6.64. The summed E-state index contributed by atoms with van der Waals surface area (Å²) in [6, 6.07) is 15.0. The Morgan fingerprint density at radius 3 is 2.32 bits per heavy atom. The number of methoxy groups -OCH3 is 1. The van der Waals surface area contributed by atoms with Gasteiger partial charge in [-0.1, -0.05) is 18.2 Å².